The summed E-state index contributed by atoms with van der Waals surface area (Å²) in [7, 11) is -4.24. The zero-order chi connectivity index (χ0) is 30.3. The van der Waals surface area contributed by atoms with Gasteiger partial charge in [0, 0.05) is 27.7 Å². The number of anilines is 1. The summed E-state index contributed by atoms with van der Waals surface area (Å²) >= 11 is 18.5. The maximum absolute atomic E-state index is 14.1. The average Bonchev–Trinajstić information content (AvgIpc) is 2.92. The van der Waals surface area contributed by atoms with Crippen molar-refractivity contribution in [1.82, 2.24) is 10.2 Å². The fourth-order valence-corrected chi connectivity index (χ4v) is 6.23. The number of aryl methyl sites for hydroxylation is 1. The molecule has 3 rings (SSSR count). The van der Waals surface area contributed by atoms with Crippen molar-refractivity contribution < 1.29 is 18.0 Å². The highest BCUT2D eigenvalue weighted by Gasteiger charge is 2.34. The third kappa shape index (κ3) is 8.61. The summed E-state index contributed by atoms with van der Waals surface area (Å²) in [6, 6.07) is 16.6. The number of carbonyl (C=O) groups is 2. The van der Waals surface area contributed by atoms with E-state index in [1.807, 2.05) is 20.8 Å². The van der Waals surface area contributed by atoms with Gasteiger partial charge in [0.2, 0.25) is 11.8 Å². The second-order valence-electron chi connectivity index (χ2n) is 9.84. The Labute approximate surface area is 257 Å². The van der Waals surface area contributed by atoms with E-state index in [0.717, 1.165) is 15.4 Å². The molecule has 0 spiro atoms. The number of hydrogen-bond acceptors (Lipinski definition) is 4. The van der Waals surface area contributed by atoms with Crippen molar-refractivity contribution in [3.05, 3.63) is 92.9 Å². The molecule has 220 valence electrons. The molecule has 0 saturated carbocycles. The molecule has 2 atom stereocenters. The molecule has 0 aromatic heterocycles. The first-order chi connectivity index (χ1) is 19.3. The molecule has 0 aliphatic carbocycles. The van der Waals surface area contributed by atoms with E-state index in [1.54, 1.807) is 43.3 Å². The number of sulfonamides is 1. The van der Waals surface area contributed by atoms with Crippen LogP contribution in [0.4, 0.5) is 5.69 Å². The fourth-order valence-electron chi connectivity index (χ4n) is 4.20. The third-order valence-electron chi connectivity index (χ3n) is 6.68. The number of halogens is 3. The van der Waals surface area contributed by atoms with E-state index in [4.69, 9.17) is 34.8 Å². The average molecular weight is 639 g/mol. The van der Waals surface area contributed by atoms with Crippen LogP contribution in [-0.4, -0.2) is 43.8 Å². The van der Waals surface area contributed by atoms with E-state index in [-0.39, 0.29) is 39.1 Å². The topological polar surface area (TPSA) is 86.8 Å². The van der Waals surface area contributed by atoms with Gasteiger partial charge in [0.1, 0.15) is 12.6 Å². The lowest BCUT2D eigenvalue weighted by Crippen LogP contribution is -2.53. The van der Waals surface area contributed by atoms with E-state index in [2.05, 4.69) is 5.32 Å². The summed E-state index contributed by atoms with van der Waals surface area (Å²) in [4.78, 5) is 28.8. The van der Waals surface area contributed by atoms with Gasteiger partial charge in [-0.3, -0.25) is 13.9 Å². The Kier molecular flexibility index (Phi) is 11.5. The van der Waals surface area contributed by atoms with Gasteiger partial charge in [-0.2, -0.15) is 0 Å². The maximum Gasteiger partial charge on any atom is 0.264 e. The van der Waals surface area contributed by atoms with E-state index in [0.29, 0.717) is 17.9 Å². The van der Waals surface area contributed by atoms with Crippen molar-refractivity contribution in [1.29, 1.82) is 0 Å². The molecule has 1 N–H and O–H groups in total. The lowest BCUT2D eigenvalue weighted by atomic mass is 10.1. The van der Waals surface area contributed by atoms with Crippen molar-refractivity contribution in [2.24, 2.45) is 0 Å². The van der Waals surface area contributed by atoms with E-state index in [1.165, 1.54) is 35.2 Å². The van der Waals surface area contributed by atoms with Crippen molar-refractivity contribution in [2.75, 3.05) is 10.8 Å². The molecule has 0 radical (unpaired) electrons. The Balaban J connectivity index is 2.09. The Morgan fingerprint density at radius 3 is 1.98 bits per heavy atom. The zero-order valence-corrected chi connectivity index (χ0v) is 26.5. The highest BCUT2D eigenvalue weighted by molar-refractivity contribution is 7.92. The molecule has 3 aromatic carbocycles. The molecule has 41 heavy (non-hydrogen) atoms. The number of benzene rings is 3. The van der Waals surface area contributed by atoms with Crippen LogP contribution < -0.4 is 9.62 Å². The number of hydrogen-bond donors (Lipinski definition) is 1. The van der Waals surface area contributed by atoms with Crippen LogP contribution >= 0.6 is 34.8 Å². The van der Waals surface area contributed by atoms with Crippen molar-refractivity contribution in [3.8, 4) is 0 Å². The summed E-state index contributed by atoms with van der Waals surface area (Å²) in [5.74, 6) is -0.888. The minimum Gasteiger partial charge on any atom is -0.352 e. The van der Waals surface area contributed by atoms with Crippen molar-refractivity contribution >= 4 is 62.3 Å². The normalized spacial score (nSPS) is 12.9. The molecule has 0 fully saturated rings. The van der Waals surface area contributed by atoms with Crippen LogP contribution in [0.5, 0.6) is 0 Å². The molecule has 0 aliphatic rings. The second kappa shape index (κ2) is 14.4. The summed E-state index contributed by atoms with van der Waals surface area (Å²) in [5, 5.41) is 3.90. The minimum absolute atomic E-state index is 0.00203. The predicted molar refractivity (Wildman–Crippen MR) is 166 cm³/mol. The highest BCUT2D eigenvalue weighted by atomic mass is 35.5. The fraction of sp³-hybridized carbons (Fsp3) is 0.333. The van der Waals surface area contributed by atoms with Crippen molar-refractivity contribution in [2.45, 2.75) is 64.1 Å². The van der Waals surface area contributed by atoms with Crippen molar-refractivity contribution in [3.63, 3.8) is 0 Å². The largest absolute Gasteiger partial charge is 0.352 e. The van der Waals surface area contributed by atoms with Crippen LogP contribution in [-0.2, 0) is 26.2 Å². The summed E-state index contributed by atoms with van der Waals surface area (Å²) in [5.41, 5.74) is 1.74. The van der Waals surface area contributed by atoms with Crippen LogP contribution in [0.25, 0.3) is 0 Å². The number of carbonyl (C=O) groups excluding carboxylic acids is 2. The van der Waals surface area contributed by atoms with E-state index < -0.39 is 28.5 Å². The highest BCUT2D eigenvalue weighted by Crippen LogP contribution is 2.30. The number of nitrogens with one attached hydrogen (secondary N) is 1. The molecule has 3 aromatic rings. The van der Waals surface area contributed by atoms with Gasteiger partial charge in [-0.1, -0.05) is 78.5 Å². The molecule has 0 bridgehead atoms. The van der Waals surface area contributed by atoms with Gasteiger partial charge in [-0.25, -0.2) is 8.42 Å². The standard InChI is InChI=1S/C30H34Cl3N3O4S/c1-5-21(4)34-30(38)28(6-2)35(18-22-9-11-23(31)12-10-22)29(37)19-36(26-16-24(32)15-25(33)17-26)41(39,40)27-13-7-20(3)8-14-27/h7-17,21,28H,5-6,18-19H2,1-4H3,(H,34,38)/t21-,28-/m1/s1. The van der Waals surface area contributed by atoms with Gasteiger partial charge in [0.05, 0.1) is 10.6 Å². The summed E-state index contributed by atoms with van der Waals surface area (Å²) in [6.45, 7) is 6.96. The Bertz CT molecular complexity index is 1450. The van der Waals surface area contributed by atoms with E-state index >= 15 is 0 Å². The molecule has 0 saturated heterocycles. The Morgan fingerprint density at radius 1 is 0.854 bits per heavy atom. The summed E-state index contributed by atoms with van der Waals surface area (Å²) in [6.07, 6.45) is 1.03. The van der Waals surface area contributed by atoms with Crippen LogP contribution in [0.15, 0.2) is 71.6 Å². The van der Waals surface area contributed by atoms with Gasteiger partial charge in [0.25, 0.3) is 10.0 Å². The lowest BCUT2D eigenvalue weighted by Gasteiger charge is -2.33. The van der Waals surface area contributed by atoms with Gasteiger partial charge in [0.15, 0.2) is 0 Å². The number of nitrogens with zero attached hydrogens (tertiary/aromatic N) is 2. The molecule has 7 nitrogen and oxygen atoms in total. The molecule has 11 heteroatoms. The second-order valence-corrected chi connectivity index (χ2v) is 13.0. The quantitative estimate of drug-likeness (QED) is 0.235. The van der Waals surface area contributed by atoms with Crippen LogP contribution in [0.2, 0.25) is 15.1 Å². The molecule has 2 amide bonds. The molecular weight excluding hydrogens is 605 g/mol. The Morgan fingerprint density at radius 2 is 1.44 bits per heavy atom. The zero-order valence-electron chi connectivity index (χ0n) is 23.4. The van der Waals surface area contributed by atoms with Gasteiger partial charge < -0.3 is 10.2 Å². The Hall–Kier alpha value is -2.78. The summed E-state index contributed by atoms with van der Waals surface area (Å²) < 4.78 is 28.9. The molecule has 0 heterocycles. The van der Waals surface area contributed by atoms with Crippen LogP contribution in [0.3, 0.4) is 0 Å². The first-order valence-electron chi connectivity index (χ1n) is 13.3. The van der Waals surface area contributed by atoms with Crippen LogP contribution in [0, 0.1) is 6.92 Å². The SMILES string of the molecule is CC[C@@H](C)NC(=O)[C@@H](CC)N(Cc1ccc(Cl)cc1)C(=O)CN(c1cc(Cl)cc(Cl)c1)S(=O)(=O)c1ccc(C)cc1. The predicted octanol–water partition coefficient (Wildman–Crippen LogP) is 6.87. The van der Waals surface area contributed by atoms with Gasteiger partial charge >= 0.3 is 0 Å². The molecule has 0 aliphatic heterocycles. The smallest absolute Gasteiger partial charge is 0.264 e. The minimum atomic E-state index is -4.24. The number of amides is 2. The third-order valence-corrected chi connectivity index (χ3v) is 9.15. The first kappa shape index (κ1) is 32.7. The lowest BCUT2D eigenvalue weighted by molar-refractivity contribution is -0.140. The van der Waals surface area contributed by atoms with Gasteiger partial charge in [-0.15, -0.1) is 0 Å². The number of rotatable bonds is 12. The van der Waals surface area contributed by atoms with Gasteiger partial charge in [-0.05, 0) is 74.7 Å². The van der Waals surface area contributed by atoms with Crippen LogP contribution in [0.1, 0.15) is 44.7 Å². The molecular formula is C30H34Cl3N3O4S. The van der Waals surface area contributed by atoms with E-state index in [9.17, 15) is 18.0 Å². The monoisotopic (exact) mass is 637 g/mol. The molecule has 0 unspecified atom stereocenters. The first-order valence-corrected chi connectivity index (χ1v) is 15.8. The maximum atomic E-state index is 14.1.